The first-order valence-electron chi connectivity index (χ1n) is 24.7. The number of phosphoric ester groups is 1. The summed E-state index contributed by atoms with van der Waals surface area (Å²) in [5, 5.41) is 5.24. The lowest BCUT2D eigenvalue weighted by Gasteiger charge is -2.20. The Morgan fingerprint density at radius 3 is 1.38 bits per heavy atom. The number of likely N-dealkylation sites (N-methyl/N-ethyl adjacent to an activating group) is 2. The van der Waals surface area contributed by atoms with E-state index in [0.29, 0.717) is 12.8 Å². The van der Waals surface area contributed by atoms with Crippen LogP contribution in [-0.2, 0) is 42.3 Å². The minimum absolute atomic E-state index is 0.0898. The molecule has 0 aromatic carbocycles. The number of esters is 2. The van der Waals surface area contributed by atoms with Crippen molar-refractivity contribution in [3.63, 3.8) is 0 Å². The van der Waals surface area contributed by atoms with Gasteiger partial charge in [-0.25, -0.2) is 4.57 Å². The summed E-state index contributed by atoms with van der Waals surface area (Å²) in [5.74, 6) is -1.63. The highest BCUT2D eigenvalue weighted by molar-refractivity contribution is 7.47. The number of nitrogens with zero attached hydrogens (tertiary/aromatic N) is 1. The van der Waals surface area contributed by atoms with Gasteiger partial charge in [0.1, 0.15) is 6.61 Å². The fraction of sp³-hybridized carbons (Fsp3) is 0.915. The molecule has 0 aromatic rings. The van der Waals surface area contributed by atoms with Crippen LogP contribution in [0.5, 0.6) is 0 Å². The van der Waals surface area contributed by atoms with E-state index in [9.17, 15) is 28.6 Å². The summed E-state index contributed by atoms with van der Waals surface area (Å²) in [7, 11) is -1.49. The maximum absolute atomic E-state index is 12.8. The van der Waals surface area contributed by atoms with Crippen LogP contribution in [0.4, 0.5) is 0 Å². The van der Waals surface area contributed by atoms with Gasteiger partial charge in [0.2, 0.25) is 11.8 Å². The van der Waals surface area contributed by atoms with Gasteiger partial charge in [0, 0.05) is 26.4 Å². The van der Waals surface area contributed by atoms with Crippen LogP contribution in [0.25, 0.3) is 0 Å². The zero-order valence-electron chi connectivity index (χ0n) is 39.5. The molecule has 0 aliphatic rings. The standard InChI is InChI=1S/C47H92N3O10P/c1-5-7-9-11-13-15-17-19-21-23-25-27-29-31-33-35-46(53)57-41-43(42-59-61(55,56)58-38-37-49-44(51)40-50(4)45(52)39-48-3)60-47(54)36-34-32-30-28-26-24-22-20-18-16-14-12-10-8-6-2/h43,48H,5-42H2,1-4H3,(H,49,51)(H,55,56)/t43-/m1/s1. The number of amides is 2. The molecule has 0 fully saturated rings. The molecule has 1 unspecified atom stereocenters. The number of carbonyl (C=O) groups excluding carboxylic acids is 4. The Bertz CT molecular complexity index is 1110. The van der Waals surface area contributed by atoms with Crippen LogP contribution in [0.15, 0.2) is 0 Å². The van der Waals surface area contributed by atoms with Crippen LogP contribution in [0.1, 0.15) is 219 Å². The van der Waals surface area contributed by atoms with Crippen LogP contribution in [0.2, 0.25) is 0 Å². The third kappa shape index (κ3) is 41.7. The van der Waals surface area contributed by atoms with Crippen molar-refractivity contribution in [1.82, 2.24) is 15.5 Å². The van der Waals surface area contributed by atoms with Gasteiger partial charge < -0.3 is 29.9 Å². The SMILES string of the molecule is CCCCCCCCCCCCCCCCCC(=O)OC[C@H](COP(=O)(O)OCCNC(=O)CN(C)C(=O)CNC)OC(=O)CCCCCCCCCCCCCCCCC. The molecule has 14 heteroatoms. The first-order valence-corrected chi connectivity index (χ1v) is 26.2. The van der Waals surface area contributed by atoms with Gasteiger partial charge in [-0.2, -0.15) is 0 Å². The largest absolute Gasteiger partial charge is 0.472 e. The zero-order valence-corrected chi connectivity index (χ0v) is 40.4. The Hall–Kier alpha value is -2.05. The molecule has 2 atom stereocenters. The third-order valence-corrected chi connectivity index (χ3v) is 11.9. The second-order valence-corrected chi connectivity index (χ2v) is 18.4. The molecule has 13 nitrogen and oxygen atoms in total. The van der Waals surface area contributed by atoms with Crippen LogP contribution < -0.4 is 10.6 Å². The Kier molecular flexibility index (Phi) is 41.8. The van der Waals surface area contributed by atoms with Crippen molar-refractivity contribution in [2.24, 2.45) is 0 Å². The lowest BCUT2D eigenvalue weighted by Crippen LogP contribution is -2.42. The van der Waals surface area contributed by atoms with E-state index in [2.05, 4.69) is 24.5 Å². The maximum Gasteiger partial charge on any atom is 0.472 e. The van der Waals surface area contributed by atoms with Crippen molar-refractivity contribution < 1.29 is 47.2 Å². The molecule has 0 saturated carbocycles. The van der Waals surface area contributed by atoms with E-state index in [1.54, 1.807) is 7.05 Å². The van der Waals surface area contributed by atoms with Gasteiger partial charge in [0.25, 0.3) is 0 Å². The molecule has 0 spiro atoms. The van der Waals surface area contributed by atoms with Crippen molar-refractivity contribution in [3.05, 3.63) is 0 Å². The number of ether oxygens (including phenoxy) is 2. The predicted octanol–water partition coefficient (Wildman–Crippen LogP) is 10.9. The number of rotatable bonds is 46. The second kappa shape index (κ2) is 43.2. The number of unbranched alkanes of at least 4 members (excludes halogenated alkanes) is 28. The molecule has 360 valence electrons. The quantitative estimate of drug-likeness (QED) is 0.0302. The summed E-state index contributed by atoms with van der Waals surface area (Å²) >= 11 is 0. The van der Waals surface area contributed by atoms with Crippen molar-refractivity contribution >= 4 is 31.6 Å². The highest BCUT2D eigenvalue weighted by Crippen LogP contribution is 2.43. The van der Waals surface area contributed by atoms with Gasteiger partial charge in [-0.05, 0) is 19.9 Å². The van der Waals surface area contributed by atoms with E-state index >= 15 is 0 Å². The molecular formula is C47H92N3O10P. The van der Waals surface area contributed by atoms with Crippen LogP contribution in [-0.4, -0.2) is 93.2 Å². The molecule has 0 aromatic heterocycles. The molecule has 0 aliphatic carbocycles. The number of hydrogen-bond acceptors (Lipinski definition) is 10. The maximum atomic E-state index is 12.8. The summed E-state index contributed by atoms with van der Waals surface area (Å²) in [6.07, 6.45) is 36.0. The van der Waals surface area contributed by atoms with Crippen molar-refractivity contribution in [1.29, 1.82) is 0 Å². The van der Waals surface area contributed by atoms with Crippen molar-refractivity contribution in [2.45, 2.75) is 225 Å². The zero-order chi connectivity index (χ0) is 45.1. The number of carbonyl (C=O) groups is 4. The third-order valence-electron chi connectivity index (χ3n) is 10.9. The van der Waals surface area contributed by atoms with E-state index in [1.165, 1.54) is 153 Å². The molecule has 0 bridgehead atoms. The van der Waals surface area contributed by atoms with Crippen molar-refractivity contribution in [3.8, 4) is 0 Å². The highest BCUT2D eigenvalue weighted by atomic mass is 31.2. The van der Waals surface area contributed by atoms with Gasteiger partial charge in [0.15, 0.2) is 6.10 Å². The Balaban J connectivity index is 4.55. The molecule has 0 heterocycles. The molecule has 0 saturated heterocycles. The Morgan fingerprint density at radius 1 is 0.574 bits per heavy atom. The molecule has 0 radical (unpaired) electrons. The minimum Gasteiger partial charge on any atom is -0.462 e. The predicted molar refractivity (Wildman–Crippen MR) is 246 cm³/mol. The second-order valence-electron chi connectivity index (χ2n) is 16.9. The molecular weight excluding hydrogens is 798 g/mol. The first kappa shape index (κ1) is 58.9. The van der Waals surface area contributed by atoms with Crippen LogP contribution >= 0.6 is 7.82 Å². The van der Waals surface area contributed by atoms with Gasteiger partial charge in [-0.3, -0.25) is 28.2 Å². The summed E-state index contributed by atoms with van der Waals surface area (Å²) < 4.78 is 33.7. The van der Waals surface area contributed by atoms with Gasteiger partial charge >= 0.3 is 19.8 Å². The summed E-state index contributed by atoms with van der Waals surface area (Å²) in [6.45, 7) is 3.14. The number of hydrogen-bond donors (Lipinski definition) is 3. The van der Waals surface area contributed by atoms with Crippen LogP contribution in [0, 0.1) is 0 Å². The highest BCUT2D eigenvalue weighted by Gasteiger charge is 2.26. The fourth-order valence-electron chi connectivity index (χ4n) is 7.11. The summed E-state index contributed by atoms with van der Waals surface area (Å²) in [4.78, 5) is 60.8. The average Bonchev–Trinajstić information content (AvgIpc) is 3.23. The Labute approximate surface area is 372 Å². The summed E-state index contributed by atoms with van der Waals surface area (Å²) in [6, 6.07) is 0. The topological polar surface area (TPSA) is 170 Å². The molecule has 0 aliphatic heterocycles. The number of nitrogens with one attached hydrogen (secondary N) is 2. The smallest absolute Gasteiger partial charge is 0.462 e. The van der Waals surface area contributed by atoms with E-state index < -0.39 is 38.4 Å². The van der Waals surface area contributed by atoms with E-state index in [4.69, 9.17) is 18.5 Å². The van der Waals surface area contributed by atoms with Gasteiger partial charge in [-0.15, -0.1) is 0 Å². The van der Waals surface area contributed by atoms with Crippen molar-refractivity contribution in [2.75, 3.05) is 53.6 Å². The molecule has 2 amide bonds. The Morgan fingerprint density at radius 2 is 0.967 bits per heavy atom. The monoisotopic (exact) mass is 890 g/mol. The van der Waals surface area contributed by atoms with Crippen LogP contribution in [0.3, 0.4) is 0 Å². The van der Waals surface area contributed by atoms with E-state index in [0.717, 1.165) is 38.5 Å². The number of phosphoric acid groups is 1. The lowest BCUT2D eigenvalue weighted by molar-refractivity contribution is -0.161. The summed E-state index contributed by atoms with van der Waals surface area (Å²) in [5.41, 5.74) is 0. The molecule has 0 rings (SSSR count). The van der Waals surface area contributed by atoms with E-state index in [-0.39, 0.29) is 51.6 Å². The van der Waals surface area contributed by atoms with E-state index in [1.807, 2.05) is 0 Å². The lowest BCUT2D eigenvalue weighted by atomic mass is 10.0. The average molecular weight is 890 g/mol. The van der Waals surface area contributed by atoms with Gasteiger partial charge in [0.05, 0.1) is 26.3 Å². The normalized spacial score (nSPS) is 12.8. The molecule has 61 heavy (non-hydrogen) atoms. The van der Waals surface area contributed by atoms with Gasteiger partial charge in [-0.1, -0.05) is 194 Å². The molecule has 3 N–H and O–H groups in total. The first-order chi connectivity index (χ1) is 29.5. The minimum atomic E-state index is -4.61. The fourth-order valence-corrected chi connectivity index (χ4v) is 7.86.